The summed E-state index contributed by atoms with van der Waals surface area (Å²) in [6.07, 6.45) is 4.23. The summed E-state index contributed by atoms with van der Waals surface area (Å²) in [4.78, 5) is 9.07. The van der Waals surface area contributed by atoms with Crippen LogP contribution in [0, 0.1) is 5.92 Å². The lowest BCUT2D eigenvalue weighted by Crippen LogP contribution is -2.36. The second-order valence-corrected chi connectivity index (χ2v) is 6.15. The van der Waals surface area contributed by atoms with E-state index < -0.39 is 0 Å². The van der Waals surface area contributed by atoms with Crippen LogP contribution in [0.15, 0.2) is 36.5 Å². The summed E-state index contributed by atoms with van der Waals surface area (Å²) in [5.41, 5.74) is 1.26. The number of aromatic nitrogens is 3. The lowest BCUT2D eigenvalue weighted by atomic mass is 10.0. The van der Waals surface area contributed by atoms with Crippen molar-refractivity contribution in [3.8, 4) is 0 Å². The smallest absolute Gasteiger partial charge is 0.247 e. The largest absolute Gasteiger partial charge is 0.354 e. The molecule has 0 amide bonds. The molecule has 5 heteroatoms. The molecule has 1 unspecified atom stereocenters. The molecule has 3 rings (SSSR count). The first-order valence-electron chi connectivity index (χ1n) is 7.92. The summed E-state index contributed by atoms with van der Waals surface area (Å²) in [6.45, 7) is 5.14. The Hall–Kier alpha value is -2.17. The van der Waals surface area contributed by atoms with Gasteiger partial charge in [-0.1, -0.05) is 37.3 Å². The molecular formula is C17H23N5. The average molecular weight is 297 g/mol. The topological polar surface area (TPSA) is 45.2 Å². The second-order valence-electron chi connectivity index (χ2n) is 6.15. The zero-order valence-electron chi connectivity index (χ0n) is 13.3. The third kappa shape index (κ3) is 3.53. The third-order valence-electron chi connectivity index (χ3n) is 4.13. The van der Waals surface area contributed by atoms with Gasteiger partial charge in [-0.3, -0.25) is 0 Å². The monoisotopic (exact) mass is 297 g/mol. The molecule has 1 aromatic carbocycles. The van der Waals surface area contributed by atoms with Gasteiger partial charge in [-0.05, 0) is 24.3 Å². The minimum atomic E-state index is 0.697. The molecule has 1 aliphatic heterocycles. The quantitative estimate of drug-likeness (QED) is 0.868. The Morgan fingerprint density at radius 1 is 1.27 bits per heavy atom. The molecule has 0 radical (unpaired) electrons. The minimum absolute atomic E-state index is 0.697. The van der Waals surface area contributed by atoms with Crippen molar-refractivity contribution < 1.29 is 0 Å². The SMILES string of the molecule is CC1CCCN(c2nncc(N(C)Cc3ccccc3)n2)C1. The van der Waals surface area contributed by atoms with E-state index in [0.717, 1.165) is 31.4 Å². The van der Waals surface area contributed by atoms with Gasteiger partial charge in [0.25, 0.3) is 0 Å². The first-order valence-corrected chi connectivity index (χ1v) is 7.92. The summed E-state index contributed by atoms with van der Waals surface area (Å²) in [6, 6.07) is 10.4. The van der Waals surface area contributed by atoms with Crippen LogP contribution in [-0.2, 0) is 6.54 Å². The van der Waals surface area contributed by atoms with Gasteiger partial charge in [0.2, 0.25) is 5.95 Å². The van der Waals surface area contributed by atoms with Crippen LogP contribution in [0.2, 0.25) is 0 Å². The van der Waals surface area contributed by atoms with Gasteiger partial charge in [0, 0.05) is 26.7 Å². The molecule has 0 aliphatic carbocycles. The molecule has 5 nitrogen and oxygen atoms in total. The number of nitrogens with zero attached hydrogens (tertiary/aromatic N) is 5. The van der Waals surface area contributed by atoms with E-state index in [1.54, 1.807) is 6.20 Å². The van der Waals surface area contributed by atoms with E-state index in [9.17, 15) is 0 Å². The average Bonchev–Trinajstić information content (AvgIpc) is 2.56. The molecule has 22 heavy (non-hydrogen) atoms. The fraction of sp³-hybridized carbons (Fsp3) is 0.471. The first-order chi connectivity index (χ1) is 10.7. The van der Waals surface area contributed by atoms with Crippen LogP contribution in [0.3, 0.4) is 0 Å². The lowest BCUT2D eigenvalue weighted by Gasteiger charge is -2.31. The van der Waals surface area contributed by atoms with E-state index in [2.05, 4.69) is 51.2 Å². The van der Waals surface area contributed by atoms with E-state index in [-0.39, 0.29) is 0 Å². The molecule has 1 fully saturated rings. The number of piperidine rings is 1. The van der Waals surface area contributed by atoms with Crippen LogP contribution in [0.5, 0.6) is 0 Å². The highest BCUT2D eigenvalue weighted by molar-refractivity contribution is 5.42. The maximum Gasteiger partial charge on any atom is 0.247 e. The fourth-order valence-electron chi connectivity index (χ4n) is 2.91. The highest BCUT2D eigenvalue weighted by Crippen LogP contribution is 2.21. The minimum Gasteiger partial charge on any atom is -0.354 e. The van der Waals surface area contributed by atoms with Crippen molar-refractivity contribution in [3.05, 3.63) is 42.1 Å². The predicted octanol–water partition coefficient (Wildman–Crippen LogP) is 2.74. The number of hydrogen-bond donors (Lipinski definition) is 0. The van der Waals surface area contributed by atoms with Crippen molar-refractivity contribution in [2.45, 2.75) is 26.3 Å². The predicted molar refractivity (Wildman–Crippen MR) is 89.0 cm³/mol. The van der Waals surface area contributed by atoms with E-state index in [1.165, 1.54) is 18.4 Å². The van der Waals surface area contributed by atoms with E-state index in [0.29, 0.717) is 5.92 Å². The van der Waals surface area contributed by atoms with Crippen LogP contribution < -0.4 is 9.80 Å². The summed E-state index contributed by atoms with van der Waals surface area (Å²) >= 11 is 0. The summed E-state index contributed by atoms with van der Waals surface area (Å²) in [5, 5.41) is 8.38. The van der Waals surface area contributed by atoms with Crippen LogP contribution in [0.4, 0.5) is 11.8 Å². The van der Waals surface area contributed by atoms with Crippen LogP contribution >= 0.6 is 0 Å². The molecule has 0 N–H and O–H groups in total. The fourth-order valence-corrected chi connectivity index (χ4v) is 2.91. The van der Waals surface area contributed by atoms with E-state index >= 15 is 0 Å². The molecule has 1 aromatic heterocycles. The molecule has 0 spiro atoms. The Morgan fingerprint density at radius 3 is 2.86 bits per heavy atom. The molecule has 116 valence electrons. The van der Waals surface area contributed by atoms with Crippen molar-refractivity contribution >= 4 is 11.8 Å². The van der Waals surface area contributed by atoms with Gasteiger partial charge in [-0.15, -0.1) is 5.10 Å². The summed E-state index contributed by atoms with van der Waals surface area (Å²) in [7, 11) is 2.04. The highest BCUT2D eigenvalue weighted by Gasteiger charge is 2.19. The van der Waals surface area contributed by atoms with Crippen LogP contribution in [0.25, 0.3) is 0 Å². The normalized spacial score (nSPS) is 18.3. The zero-order valence-corrected chi connectivity index (χ0v) is 13.3. The van der Waals surface area contributed by atoms with Gasteiger partial charge in [-0.2, -0.15) is 10.1 Å². The van der Waals surface area contributed by atoms with Crippen molar-refractivity contribution in [1.29, 1.82) is 0 Å². The molecule has 0 saturated carbocycles. The van der Waals surface area contributed by atoms with Crippen molar-refractivity contribution in [2.24, 2.45) is 5.92 Å². The van der Waals surface area contributed by atoms with Gasteiger partial charge in [-0.25, -0.2) is 0 Å². The molecule has 2 heterocycles. The highest BCUT2D eigenvalue weighted by atomic mass is 15.3. The third-order valence-corrected chi connectivity index (χ3v) is 4.13. The molecule has 1 saturated heterocycles. The number of anilines is 2. The maximum absolute atomic E-state index is 4.71. The van der Waals surface area contributed by atoms with Crippen LogP contribution in [-0.4, -0.2) is 35.3 Å². The molecule has 2 aromatic rings. The second kappa shape index (κ2) is 6.73. The molecule has 1 aliphatic rings. The first kappa shape index (κ1) is 14.8. The lowest BCUT2D eigenvalue weighted by molar-refractivity contribution is 0.441. The Bertz CT molecular complexity index is 601. The summed E-state index contributed by atoms with van der Waals surface area (Å²) < 4.78 is 0. The standard InChI is InChI=1S/C17H23N5/c1-14-7-6-10-22(12-14)17-19-16(11-18-20-17)21(2)13-15-8-4-3-5-9-15/h3-5,8-9,11,14H,6-7,10,12-13H2,1-2H3. The van der Waals surface area contributed by atoms with E-state index in [4.69, 9.17) is 4.98 Å². The van der Waals surface area contributed by atoms with Gasteiger partial charge < -0.3 is 9.80 Å². The van der Waals surface area contributed by atoms with Crippen molar-refractivity contribution in [1.82, 2.24) is 15.2 Å². The molecular weight excluding hydrogens is 274 g/mol. The van der Waals surface area contributed by atoms with Crippen molar-refractivity contribution in [2.75, 3.05) is 29.9 Å². The number of hydrogen-bond acceptors (Lipinski definition) is 5. The van der Waals surface area contributed by atoms with Crippen LogP contribution in [0.1, 0.15) is 25.3 Å². The maximum atomic E-state index is 4.71. The zero-order chi connectivity index (χ0) is 15.4. The number of benzene rings is 1. The van der Waals surface area contributed by atoms with Gasteiger partial charge in [0.05, 0.1) is 6.20 Å². The number of rotatable bonds is 4. The Kier molecular flexibility index (Phi) is 4.51. The van der Waals surface area contributed by atoms with Crippen molar-refractivity contribution in [3.63, 3.8) is 0 Å². The Morgan fingerprint density at radius 2 is 2.09 bits per heavy atom. The Balaban J connectivity index is 1.73. The van der Waals surface area contributed by atoms with Gasteiger partial charge >= 0.3 is 0 Å². The van der Waals surface area contributed by atoms with E-state index in [1.807, 2.05) is 13.1 Å². The van der Waals surface area contributed by atoms with Gasteiger partial charge in [0.15, 0.2) is 5.82 Å². The van der Waals surface area contributed by atoms with Gasteiger partial charge in [0.1, 0.15) is 0 Å². The Labute approximate surface area is 132 Å². The molecule has 1 atom stereocenters. The summed E-state index contributed by atoms with van der Waals surface area (Å²) in [5.74, 6) is 2.32. The molecule has 0 bridgehead atoms.